The third kappa shape index (κ3) is 15.0. The smallest absolute Gasteiger partial charge is 0.132 e. The van der Waals surface area contributed by atoms with E-state index in [2.05, 4.69) is 17.8 Å². The predicted molar refractivity (Wildman–Crippen MR) is 105 cm³/mol. The molecule has 2 fully saturated rings. The van der Waals surface area contributed by atoms with Crippen LogP contribution in [0.25, 0.3) is 0 Å². The SMILES string of the molecule is C#CC(C)(C)O.CC(C)(O)C#CC1(O)CCCCC1.O=C1CCCCC1. The molecule has 26 heavy (non-hydrogen) atoms. The van der Waals surface area contributed by atoms with Crippen LogP contribution in [0, 0.1) is 24.2 Å². The standard InChI is InChI=1S/C11H18O2.C6H10O.C5H8O/c1-10(2,12)8-9-11(13)6-4-3-5-7-11;7-6-4-2-1-3-5-6;1-4-5(2,3)6/h12-13H,3-7H2,1-2H3;1-5H2;1,6H,2-3H3. The monoisotopic (exact) mass is 364 g/mol. The Labute approximate surface area is 159 Å². The number of carbonyl (C=O) groups excluding carboxylic acids is 1. The highest BCUT2D eigenvalue weighted by Crippen LogP contribution is 2.27. The Kier molecular flexibility index (Phi) is 10.8. The molecule has 0 amide bonds. The molecule has 0 spiro atoms. The zero-order chi connectivity index (χ0) is 20.3. The minimum atomic E-state index is -0.993. The van der Waals surface area contributed by atoms with Crippen LogP contribution < -0.4 is 0 Å². The van der Waals surface area contributed by atoms with Crippen molar-refractivity contribution in [3.63, 3.8) is 0 Å². The molecule has 2 aliphatic rings. The van der Waals surface area contributed by atoms with E-state index in [-0.39, 0.29) is 0 Å². The van der Waals surface area contributed by atoms with Crippen molar-refractivity contribution in [3.05, 3.63) is 0 Å². The summed E-state index contributed by atoms with van der Waals surface area (Å²) in [5, 5.41) is 27.9. The van der Waals surface area contributed by atoms with Gasteiger partial charge in [-0.15, -0.1) is 6.42 Å². The van der Waals surface area contributed by atoms with Gasteiger partial charge in [0.2, 0.25) is 0 Å². The van der Waals surface area contributed by atoms with Crippen molar-refractivity contribution in [1.29, 1.82) is 0 Å². The molecular formula is C22H36O4. The van der Waals surface area contributed by atoms with E-state index >= 15 is 0 Å². The zero-order valence-electron chi connectivity index (χ0n) is 16.9. The maximum absolute atomic E-state index is 10.5. The number of ketones is 1. The van der Waals surface area contributed by atoms with Gasteiger partial charge < -0.3 is 15.3 Å². The summed E-state index contributed by atoms with van der Waals surface area (Å²) in [6.45, 7) is 6.39. The van der Waals surface area contributed by atoms with Gasteiger partial charge in [-0.1, -0.05) is 30.6 Å². The summed E-state index contributed by atoms with van der Waals surface area (Å²) in [4.78, 5) is 10.5. The minimum absolute atomic E-state index is 0.464. The Morgan fingerprint density at radius 3 is 1.62 bits per heavy atom. The lowest BCUT2D eigenvalue weighted by atomic mass is 9.85. The molecule has 148 valence electrons. The van der Waals surface area contributed by atoms with Gasteiger partial charge in [-0.05, 0) is 66.2 Å². The van der Waals surface area contributed by atoms with Crippen molar-refractivity contribution in [2.45, 2.75) is 109 Å². The zero-order valence-corrected chi connectivity index (χ0v) is 16.9. The van der Waals surface area contributed by atoms with Crippen LogP contribution >= 0.6 is 0 Å². The average molecular weight is 365 g/mol. The Balaban J connectivity index is 0.000000405. The van der Waals surface area contributed by atoms with Crippen molar-refractivity contribution >= 4 is 5.78 Å². The van der Waals surface area contributed by atoms with Gasteiger partial charge in [-0.25, -0.2) is 0 Å². The van der Waals surface area contributed by atoms with Crippen molar-refractivity contribution in [3.8, 4) is 24.2 Å². The van der Waals surface area contributed by atoms with Crippen LogP contribution in [0.5, 0.6) is 0 Å². The van der Waals surface area contributed by atoms with E-state index < -0.39 is 16.8 Å². The summed E-state index contributed by atoms with van der Waals surface area (Å²) in [6, 6.07) is 0. The van der Waals surface area contributed by atoms with Gasteiger partial charge in [0.15, 0.2) is 0 Å². The van der Waals surface area contributed by atoms with Crippen LogP contribution in [0.2, 0.25) is 0 Å². The number of Topliss-reactive ketones (excluding diaryl/α,β-unsaturated/α-hetero) is 1. The number of hydrogen-bond acceptors (Lipinski definition) is 4. The molecule has 0 atom stereocenters. The number of aliphatic hydroxyl groups is 3. The molecule has 0 heterocycles. The van der Waals surface area contributed by atoms with E-state index in [1.54, 1.807) is 27.7 Å². The van der Waals surface area contributed by atoms with Gasteiger partial charge in [0, 0.05) is 12.8 Å². The van der Waals surface area contributed by atoms with E-state index in [9.17, 15) is 15.0 Å². The van der Waals surface area contributed by atoms with E-state index in [1.807, 2.05) is 0 Å². The van der Waals surface area contributed by atoms with Gasteiger partial charge in [-0.3, -0.25) is 4.79 Å². The quantitative estimate of drug-likeness (QED) is 0.576. The van der Waals surface area contributed by atoms with Gasteiger partial charge in [0.05, 0.1) is 0 Å². The first kappa shape index (κ1) is 24.7. The lowest BCUT2D eigenvalue weighted by Gasteiger charge is -2.27. The first-order valence-electron chi connectivity index (χ1n) is 9.58. The molecule has 4 heteroatoms. The largest absolute Gasteiger partial charge is 0.378 e. The molecule has 0 radical (unpaired) electrons. The molecule has 0 saturated heterocycles. The second kappa shape index (κ2) is 11.4. The van der Waals surface area contributed by atoms with Crippen molar-refractivity contribution in [1.82, 2.24) is 0 Å². The second-order valence-corrected chi connectivity index (χ2v) is 8.20. The molecule has 4 nitrogen and oxygen atoms in total. The first-order chi connectivity index (χ1) is 11.9. The second-order valence-electron chi connectivity index (χ2n) is 8.20. The first-order valence-corrected chi connectivity index (χ1v) is 9.58. The third-order valence-corrected chi connectivity index (χ3v) is 4.05. The molecule has 0 aromatic carbocycles. The minimum Gasteiger partial charge on any atom is -0.378 e. The highest BCUT2D eigenvalue weighted by atomic mass is 16.3. The third-order valence-electron chi connectivity index (χ3n) is 4.05. The molecule has 2 aliphatic carbocycles. The predicted octanol–water partition coefficient (Wildman–Crippen LogP) is 3.37. The Bertz CT molecular complexity index is 504. The Hall–Kier alpha value is -1.33. The summed E-state index contributed by atoms with van der Waals surface area (Å²) >= 11 is 0. The molecule has 0 aromatic heterocycles. The molecular weight excluding hydrogens is 328 g/mol. The van der Waals surface area contributed by atoms with Gasteiger partial charge in [0.25, 0.3) is 0 Å². The lowest BCUT2D eigenvalue weighted by molar-refractivity contribution is -0.120. The van der Waals surface area contributed by atoms with E-state index in [0.717, 1.165) is 51.4 Å². The summed E-state index contributed by atoms with van der Waals surface area (Å²) in [6.07, 6.45) is 14.8. The van der Waals surface area contributed by atoms with E-state index in [0.29, 0.717) is 5.78 Å². The van der Waals surface area contributed by atoms with Gasteiger partial charge in [0.1, 0.15) is 22.6 Å². The molecule has 2 saturated carbocycles. The normalized spacial score (nSPS) is 19.4. The van der Waals surface area contributed by atoms with Gasteiger partial charge in [-0.2, -0.15) is 0 Å². The highest BCUT2D eigenvalue weighted by molar-refractivity contribution is 5.78. The van der Waals surface area contributed by atoms with Crippen LogP contribution in [0.3, 0.4) is 0 Å². The molecule has 3 N–H and O–H groups in total. The number of rotatable bonds is 0. The summed E-state index contributed by atoms with van der Waals surface area (Å²) in [7, 11) is 0. The molecule has 2 rings (SSSR count). The Morgan fingerprint density at radius 1 is 0.885 bits per heavy atom. The van der Waals surface area contributed by atoms with Crippen LogP contribution in [-0.2, 0) is 4.79 Å². The molecule has 0 aromatic rings. The van der Waals surface area contributed by atoms with Gasteiger partial charge >= 0.3 is 0 Å². The van der Waals surface area contributed by atoms with Crippen LogP contribution in [-0.4, -0.2) is 37.9 Å². The van der Waals surface area contributed by atoms with Crippen molar-refractivity contribution < 1.29 is 20.1 Å². The van der Waals surface area contributed by atoms with E-state index in [1.165, 1.54) is 12.8 Å². The lowest BCUT2D eigenvalue weighted by Crippen LogP contribution is -2.30. The summed E-state index contributed by atoms with van der Waals surface area (Å²) in [5.41, 5.74) is -2.76. The fourth-order valence-corrected chi connectivity index (χ4v) is 2.48. The van der Waals surface area contributed by atoms with Crippen molar-refractivity contribution in [2.24, 2.45) is 0 Å². The van der Waals surface area contributed by atoms with E-state index in [4.69, 9.17) is 11.5 Å². The number of hydrogen-bond donors (Lipinski definition) is 3. The van der Waals surface area contributed by atoms with Crippen LogP contribution in [0.15, 0.2) is 0 Å². The fourth-order valence-electron chi connectivity index (χ4n) is 2.48. The number of terminal acetylenes is 1. The fraction of sp³-hybridized carbons (Fsp3) is 0.773. The molecule has 0 aliphatic heterocycles. The highest BCUT2D eigenvalue weighted by Gasteiger charge is 2.27. The Morgan fingerprint density at radius 2 is 1.31 bits per heavy atom. The van der Waals surface area contributed by atoms with Crippen LogP contribution in [0.1, 0.15) is 91.9 Å². The average Bonchev–Trinajstić information content (AvgIpc) is 2.55. The summed E-state index contributed by atoms with van der Waals surface area (Å²) in [5.74, 6) is 8.10. The molecule has 0 unspecified atom stereocenters. The maximum Gasteiger partial charge on any atom is 0.132 e. The summed E-state index contributed by atoms with van der Waals surface area (Å²) < 4.78 is 0. The van der Waals surface area contributed by atoms with Crippen molar-refractivity contribution in [2.75, 3.05) is 0 Å². The van der Waals surface area contributed by atoms with Crippen LogP contribution in [0.4, 0.5) is 0 Å². The number of carbonyl (C=O) groups is 1. The maximum atomic E-state index is 10.5. The molecule has 0 bridgehead atoms. The topological polar surface area (TPSA) is 77.8 Å².